The van der Waals surface area contributed by atoms with Gasteiger partial charge in [0.15, 0.2) is 17.4 Å². The number of benzene rings is 2. The number of piperazine rings is 1. The molecule has 5 saturated heterocycles. The summed E-state index contributed by atoms with van der Waals surface area (Å²) in [4.78, 5) is 50.0. The number of nitrogens with one attached hydrogen (secondary N) is 1. The Morgan fingerprint density at radius 1 is 0.911 bits per heavy atom. The summed E-state index contributed by atoms with van der Waals surface area (Å²) in [5, 5.41) is 37.6. The second kappa shape index (κ2) is 22.0. The Labute approximate surface area is 466 Å². The number of fused-ring (bicyclic) bond motifs is 2. The monoisotopic (exact) mass is 1090 g/mol. The molecule has 19 heteroatoms. The Morgan fingerprint density at radius 3 is 2.42 bits per heavy atom. The maximum Gasteiger partial charge on any atom is 0.243 e. The zero-order valence-corrected chi connectivity index (χ0v) is 46.6. The van der Waals surface area contributed by atoms with Gasteiger partial charge in [-0.15, -0.1) is 21.5 Å². The van der Waals surface area contributed by atoms with Gasteiger partial charge < -0.3 is 55.0 Å². The number of ether oxygens (including phenoxy) is 1. The van der Waals surface area contributed by atoms with Crippen molar-refractivity contribution in [1.82, 2.24) is 40.4 Å². The van der Waals surface area contributed by atoms with E-state index in [0.717, 1.165) is 123 Å². The smallest absolute Gasteiger partial charge is 0.243 e. The summed E-state index contributed by atoms with van der Waals surface area (Å²) in [5.74, 6) is 1.79. The van der Waals surface area contributed by atoms with Crippen LogP contribution in [0.15, 0.2) is 89.0 Å². The van der Waals surface area contributed by atoms with Crippen molar-refractivity contribution < 1.29 is 29.1 Å². The summed E-state index contributed by atoms with van der Waals surface area (Å²) in [6, 6.07) is 22.9. The molecule has 5 N–H and O–H groups in total. The van der Waals surface area contributed by atoms with Gasteiger partial charge in [-0.05, 0) is 124 Å². The lowest BCUT2D eigenvalue weighted by atomic mass is 9.72. The standard InChI is InChI=1S/C60H74N12O6S/c1-36(2)55(59(76)71-33-45(73)27-50(71)58(75)64-37(3)40-10-12-41(13-11-40)56-38(4)63-35-79-56)52-29-53(67-78-52)69-22-18-60(19-23-69)17-7-21-68(34-60)30-39-24-46(25-39)77-54-26-42(16-20-62-54)72-43-14-15-44(72)32-70(31-43)49-28-48(65-66-57(49)61)47-8-5-6-9-51(47)74/h5-6,8-13,16,20,26,28-29,35-37,39,43-46,50,55,73-74H,7,14-15,17-19,21-25,27,30-34H2,1-4H3,(H2,61,66)(H,64,75)/t37-,39?,43+,44?,45+,46?,50-,55+/m0/s1. The molecule has 6 fully saturated rings. The van der Waals surface area contributed by atoms with E-state index >= 15 is 0 Å². The summed E-state index contributed by atoms with van der Waals surface area (Å²) in [6.07, 6.45) is 10.2. The highest BCUT2D eigenvalue weighted by molar-refractivity contribution is 7.13. The zero-order valence-electron chi connectivity index (χ0n) is 45.8. The van der Waals surface area contributed by atoms with Crippen LogP contribution < -0.4 is 30.5 Å². The van der Waals surface area contributed by atoms with Gasteiger partial charge in [0.05, 0.1) is 39.6 Å². The van der Waals surface area contributed by atoms with E-state index in [1.807, 2.05) is 87.9 Å². The number of carbonyl (C=O) groups is 2. The van der Waals surface area contributed by atoms with Crippen LogP contribution in [0.1, 0.15) is 108 Å². The number of aliphatic hydroxyl groups is 1. The van der Waals surface area contributed by atoms with Crippen LogP contribution >= 0.6 is 11.3 Å². The number of hydrogen-bond donors (Lipinski definition) is 4. The Hall–Kier alpha value is -6.83. The molecule has 5 aliphatic heterocycles. The molecular weight excluding hydrogens is 1020 g/mol. The number of nitrogens with zero attached hydrogens (tertiary/aromatic N) is 10. The minimum Gasteiger partial charge on any atom is -0.507 e. The van der Waals surface area contributed by atoms with Gasteiger partial charge >= 0.3 is 0 Å². The summed E-state index contributed by atoms with van der Waals surface area (Å²) < 4.78 is 12.6. The van der Waals surface area contributed by atoms with Gasteiger partial charge in [-0.3, -0.25) is 9.59 Å². The molecule has 2 amide bonds. The summed E-state index contributed by atoms with van der Waals surface area (Å²) in [5.41, 5.74) is 14.8. The molecule has 0 radical (unpaired) electrons. The third-order valence-corrected chi connectivity index (χ3v) is 19.1. The third-order valence-electron chi connectivity index (χ3n) is 18.1. The Kier molecular flexibility index (Phi) is 14.7. The van der Waals surface area contributed by atoms with E-state index in [9.17, 15) is 19.8 Å². The normalized spacial score (nSPS) is 24.7. The van der Waals surface area contributed by atoms with Gasteiger partial charge in [0, 0.05) is 93.9 Å². The first-order valence-electron chi connectivity index (χ1n) is 28.6. The molecule has 9 heterocycles. The van der Waals surface area contributed by atoms with E-state index in [1.165, 1.54) is 12.8 Å². The van der Waals surface area contributed by atoms with Crippen LogP contribution in [0, 0.1) is 24.2 Å². The van der Waals surface area contributed by atoms with Crippen LogP contribution in [0.2, 0.25) is 0 Å². The third kappa shape index (κ3) is 10.8. The first kappa shape index (κ1) is 52.8. The number of phenolic OH excluding ortho intramolecular Hbond substituents is 1. The van der Waals surface area contributed by atoms with Gasteiger partial charge in [0.25, 0.3) is 0 Å². The lowest BCUT2D eigenvalue weighted by Crippen LogP contribution is -2.54. The highest BCUT2D eigenvalue weighted by Gasteiger charge is 2.46. The van der Waals surface area contributed by atoms with E-state index in [2.05, 4.69) is 62.4 Å². The van der Waals surface area contributed by atoms with Gasteiger partial charge in [0.2, 0.25) is 17.7 Å². The lowest BCUT2D eigenvalue weighted by molar-refractivity contribution is -0.141. The number of piperidine rings is 2. The number of nitrogens with two attached hydrogens (primary N) is 1. The number of likely N-dealkylation sites (tertiary alicyclic amines) is 2. The molecule has 2 aromatic carbocycles. The number of hydrogen-bond acceptors (Lipinski definition) is 17. The number of anilines is 4. The van der Waals surface area contributed by atoms with Crippen molar-refractivity contribution in [2.24, 2.45) is 17.3 Å². The topological polar surface area (TPSA) is 216 Å². The average Bonchev–Trinajstić information content (AvgIpc) is 4.43. The molecule has 79 heavy (non-hydrogen) atoms. The van der Waals surface area contributed by atoms with E-state index in [4.69, 9.17) is 15.0 Å². The number of phenols is 1. The molecule has 416 valence electrons. The lowest BCUT2D eigenvalue weighted by Gasteiger charge is -2.49. The predicted molar refractivity (Wildman–Crippen MR) is 305 cm³/mol. The molecule has 1 aliphatic carbocycles. The Balaban J connectivity index is 0.608. The van der Waals surface area contributed by atoms with Crippen LogP contribution in [-0.2, 0) is 9.59 Å². The van der Waals surface area contributed by atoms with Crippen LogP contribution in [-0.4, -0.2) is 140 Å². The van der Waals surface area contributed by atoms with Crippen LogP contribution in [0.4, 0.5) is 23.0 Å². The van der Waals surface area contributed by atoms with E-state index < -0.39 is 18.1 Å². The zero-order chi connectivity index (χ0) is 54.5. The molecule has 6 atom stereocenters. The van der Waals surface area contributed by atoms with E-state index in [1.54, 1.807) is 28.4 Å². The van der Waals surface area contributed by atoms with Crippen molar-refractivity contribution in [1.29, 1.82) is 0 Å². The number of para-hydroxylation sites is 1. The number of β-amino-alcohol motifs (C(OH)–C–C–N with tert-alkyl or cyclic N) is 1. The SMILES string of the molecule is Cc1ncsc1-c1ccc([C@H](C)NC(=O)[C@@H]2C[C@@H](O)CN2C(=O)[C@@H](c2cc(N3CCC4(CCCN(CC5CC(Oc6cc(N7C8CC[C@@H]7CN(c7cc(-c9ccccc9O)nnc7N)C8)ccn6)C5)C4)CC3)no2)C(C)C)cc1. The fourth-order valence-electron chi connectivity index (χ4n) is 13.8. The molecule has 4 aromatic heterocycles. The summed E-state index contributed by atoms with van der Waals surface area (Å²) in [6.45, 7) is 14.7. The number of aromatic nitrogens is 5. The molecule has 1 saturated carbocycles. The van der Waals surface area contributed by atoms with Crippen LogP contribution in [0.3, 0.4) is 0 Å². The molecule has 1 spiro atoms. The predicted octanol–water partition coefficient (Wildman–Crippen LogP) is 8.22. The van der Waals surface area contributed by atoms with Crippen molar-refractivity contribution >= 4 is 46.2 Å². The number of amides is 2. The molecule has 6 aliphatic rings. The number of aromatic hydroxyl groups is 1. The first-order valence-corrected chi connectivity index (χ1v) is 29.4. The average molecular weight is 1090 g/mol. The number of pyridine rings is 1. The number of nitrogen functional groups attached to an aromatic ring is 1. The maximum absolute atomic E-state index is 14.5. The highest BCUT2D eigenvalue weighted by Crippen LogP contribution is 2.44. The molecule has 1 unspecified atom stereocenters. The Bertz CT molecular complexity index is 3120. The first-order chi connectivity index (χ1) is 38.2. The van der Waals surface area contributed by atoms with Crippen molar-refractivity contribution in [2.75, 3.05) is 72.8 Å². The fourth-order valence-corrected chi connectivity index (χ4v) is 14.7. The highest BCUT2D eigenvalue weighted by atomic mass is 32.1. The molecule has 18 nitrogen and oxygen atoms in total. The second-order valence-electron chi connectivity index (χ2n) is 23.8. The maximum atomic E-state index is 14.5. The quantitative estimate of drug-likeness (QED) is 0.0762. The minimum atomic E-state index is -0.804. The molecule has 6 aromatic rings. The second-order valence-corrected chi connectivity index (χ2v) is 24.6. The van der Waals surface area contributed by atoms with Crippen LogP contribution in [0.25, 0.3) is 21.7 Å². The minimum absolute atomic E-state index is 0.0852. The van der Waals surface area contributed by atoms with Gasteiger partial charge in [-0.25, -0.2) is 9.97 Å². The van der Waals surface area contributed by atoms with Crippen molar-refractivity contribution in [3.05, 3.63) is 102 Å². The Morgan fingerprint density at radius 2 is 1.68 bits per heavy atom. The molecule has 12 rings (SSSR count). The molecule has 2 bridgehead atoms. The summed E-state index contributed by atoms with van der Waals surface area (Å²) >= 11 is 1.60. The largest absolute Gasteiger partial charge is 0.507 e. The number of rotatable bonds is 15. The number of aryl methyl sites for hydroxylation is 1. The van der Waals surface area contributed by atoms with Crippen molar-refractivity contribution in [2.45, 2.75) is 128 Å². The van der Waals surface area contributed by atoms with Crippen molar-refractivity contribution in [3.63, 3.8) is 0 Å². The van der Waals surface area contributed by atoms with E-state index in [-0.39, 0.29) is 54.0 Å². The molecular formula is C60H74N12O6S. The van der Waals surface area contributed by atoms with Gasteiger partial charge in [-0.1, -0.05) is 55.4 Å². The van der Waals surface area contributed by atoms with Gasteiger partial charge in [-0.2, -0.15) is 0 Å². The number of thiazole rings is 1. The van der Waals surface area contributed by atoms with Crippen molar-refractivity contribution in [3.8, 4) is 33.3 Å². The van der Waals surface area contributed by atoms with Gasteiger partial charge in [0.1, 0.15) is 23.8 Å². The number of aliphatic hydroxyl groups excluding tert-OH is 1. The van der Waals surface area contributed by atoms with Crippen LogP contribution in [0.5, 0.6) is 11.6 Å². The fraction of sp³-hybridized carbons (Fsp3) is 0.517. The summed E-state index contributed by atoms with van der Waals surface area (Å²) in [7, 11) is 0. The van der Waals surface area contributed by atoms with E-state index in [0.29, 0.717) is 46.7 Å². The number of carbonyl (C=O) groups excluding carboxylic acids is 2.